The van der Waals surface area contributed by atoms with Crippen LogP contribution in [0.15, 0.2) is 24.3 Å². The molecular weight excluding hydrogens is 240 g/mol. The van der Waals surface area contributed by atoms with E-state index in [9.17, 15) is 4.79 Å². The summed E-state index contributed by atoms with van der Waals surface area (Å²) in [6.45, 7) is 8.17. The van der Waals surface area contributed by atoms with Crippen LogP contribution in [0.2, 0.25) is 0 Å². The third-order valence-corrected chi connectivity index (χ3v) is 2.62. The number of ether oxygens (including phenoxy) is 1. The molecule has 1 rings (SSSR count). The van der Waals surface area contributed by atoms with Crippen molar-refractivity contribution < 1.29 is 9.53 Å². The summed E-state index contributed by atoms with van der Waals surface area (Å²) in [5.74, 6) is 0.760. The number of amides is 1. The van der Waals surface area contributed by atoms with Gasteiger partial charge in [-0.1, -0.05) is 12.1 Å². The highest BCUT2D eigenvalue weighted by molar-refractivity contribution is 5.79. The molecular formula is C15H24N2O2. The van der Waals surface area contributed by atoms with Gasteiger partial charge in [0.2, 0.25) is 5.91 Å². The predicted molar refractivity (Wildman–Crippen MR) is 77.2 cm³/mol. The molecule has 0 spiro atoms. The van der Waals surface area contributed by atoms with Crippen molar-refractivity contribution in [3.05, 3.63) is 29.8 Å². The molecule has 3 N–H and O–H groups in total. The monoisotopic (exact) mass is 264 g/mol. The molecule has 1 aromatic carbocycles. The van der Waals surface area contributed by atoms with Crippen molar-refractivity contribution in [3.8, 4) is 5.75 Å². The molecule has 19 heavy (non-hydrogen) atoms. The molecule has 0 bridgehead atoms. The summed E-state index contributed by atoms with van der Waals surface area (Å²) >= 11 is 0. The van der Waals surface area contributed by atoms with Gasteiger partial charge in [-0.05, 0) is 45.4 Å². The first-order valence-electron chi connectivity index (χ1n) is 6.59. The van der Waals surface area contributed by atoms with Crippen LogP contribution in [0.3, 0.4) is 0 Å². The summed E-state index contributed by atoms with van der Waals surface area (Å²) in [5, 5.41) is 2.91. The number of hydrogen-bond donors (Lipinski definition) is 2. The summed E-state index contributed by atoms with van der Waals surface area (Å²) in [4.78, 5) is 11.9. The number of carbonyl (C=O) groups is 1. The van der Waals surface area contributed by atoms with Crippen molar-refractivity contribution in [3.63, 3.8) is 0 Å². The number of carbonyl (C=O) groups excluding carboxylic acids is 1. The SMILES string of the molecule is CC(C)Oc1cccc(CC(=O)NC(C)(C)CN)c1. The number of nitrogens with one attached hydrogen (secondary N) is 1. The highest BCUT2D eigenvalue weighted by Gasteiger charge is 2.18. The smallest absolute Gasteiger partial charge is 0.224 e. The van der Waals surface area contributed by atoms with Crippen LogP contribution in [0.5, 0.6) is 5.75 Å². The lowest BCUT2D eigenvalue weighted by Gasteiger charge is -2.24. The molecule has 1 aromatic rings. The Bertz CT molecular complexity index is 428. The Morgan fingerprint density at radius 3 is 2.68 bits per heavy atom. The molecule has 0 saturated carbocycles. The second kappa shape index (κ2) is 6.57. The van der Waals surface area contributed by atoms with Crippen LogP contribution < -0.4 is 15.8 Å². The van der Waals surface area contributed by atoms with Crippen molar-refractivity contribution in [1.29, 1.82) is 0 Å². The molecule has 0 radical (unpaired) electrons. The zero-order valence-electron chi connectivity index (χ0n) is 12.2. The summed E-state index contributed by atoms with van der Waals surface area (Å²) in [6.07, 6.45) is 0.457. The van der Waals surface area contributed by atoms with E-state index in [2.05, 4.69) is 5.32 Å². The van der Waals surface area contributed by atoms with Crippen LogP contribution in [0.1, 0.15) is 33.3 Å². The first-order chi connectivity index (χ1) is 8.82. The third kappa shape index (κ3) is 5.75. The number of nitrogens with two attached hydrogens (primary N) is 1. The van der Waals surface area contributed by atoms with Crippen LogP contribution >= 0.6 is 0 Å². The van der Waals surface area contributed by atoms with Gasteiger partial charge in [-0.25, -0.2) is 0 Å². The summed E-state index contributed by atoms with van der Waals surface area (Å²) < 4.78 is 5.61. The average molecular weight is 264 g/mol. The molecule has 0 fully saturated rings. The molecule has 0 unspecified atom stereocenters. The first-order valence-corrected chi connectivity index (χ1v) is 6.59. The van der Waals surface area contributed by atoms with E-state index in [1.807, 2.05) is 52.0 Å². The zero-order valence-corrected chi connectivity index (χ0v) is 12.2. The lowest BCUT2D eigenvalue weighted by Crippen LogP contribution is -2.49. The minimum absolute atomic E-state index is 0.0304. The second-order valence-electron chi connectivity index (χ2n) is 5.63. The second-order valence-corrected chi connectivity index (χ2v) is 5.63. The van der Waals surface area contributed by atoms with E-state index in [1.165, 1.54) is 0 Å². The van der Waals surface area contributed by atoms with Crippen molar-refractivity contribution in [1.82, 2.24) is 5.32 Å². The fraction of sp³-hybridized carbons (Fsp3) is 0.533. The number of benzene rings is 1. The molecule has 0 saturated heterocycles. The highest BCUT2D eigenvalue weighted by Crippen LogP contribution is 2.15. The Morgan fingerprint density at radius 1 is 1.42 bits per heavy atom. The molecule has 0 aliphatic heterocycles. The van der Waals surface area contributed by atoms with E-state index in [0.29, 0.717) is 13.0 Å². The Labute approximate surface area is 115 Å². The number of hydrogen-bond acceptors (Lipinski definition) is 3. The standard InChI is InChI=1S/C15H24N2O2/c1-11(2)19-13-7-5-6-12(8-13)9-14(18)17-15(3,4)10-16/h5-8,11H,9-10,16H2,1-4H3,(H,17,18). The van der Waals surface area contributed by atoms with Gasteiger partial charge in [0.05, 0.1) is 12.5 Å². The Balaban J connectivity index is 2.64. The summed E-state index contributed by atoms with van der Waals surface area (Å²) in [7, 11) is 0. The van der Waals surface area contributed by atoms with Crippen LogP contribution in [0.25, 0.3) is 0 Å². The third-order valence-electron chi connectivity index (χ3n) is 2.62. The summed E-state index contributed by atoms with van der Waals surface area (Å²) in [6, 6.07) is 7.61. The van der Waals surface area contributed by atoms with Crippen molar-refractivity contribution >= 4 is 5.91 Å². The molecule has 0 aliphatic rings. The lowest BCUT2D eigenvalue weighted by molar-refractivity contribution is -0.121. The Hall–Kier alpha value is -1.55. The van der Waals surface area contributed by atoms with Gasteiger partial charge in [0, 0.05) is 12.1 Å². The van der Waals surface area contributed by atoms with Gasteiger partial charge in [-0.3, -0.25) is 4.79 Å². The molecule has 1 amide bonds. The van der Waals surface area contributed by atoms with E-state index in [1.54, 1.807) is 0 Å². The molecule has 0 heterocycles. The van der Waals surface area contributed by atoms with Gasteiger partial charge in [-0.15, -0.1) is 0 Å². The minimum Gasteiger partial charge on any atom is -0.491 e. The maximum Gasteiger partial charge on any atom is 0.224 e. The first kappa shape index (κ1) is 15.5. The van der Waals surface area contributed by atoms with Crippen LogP contribution in [-0.2, 0) is 11.2 Å². The highest BCUT2D eigenvalue weighted by atomic mass is 16.5. The molecule has 4 nitrogen and oxygen atoms in total. The van der Waals surface area contributed by atoms with Gasteiger partial charge in [0.15, 0.2) is 0 Å². The van der Waals surface area contributed by atoms with Gasteiger partial charge < -0.3 is 15.8 Å². The Morgan fingerprint density at radius 2 is 2.11 bits per heavy atom. The van der Waals surface area contributed by atoms with Crippen LogP contribution in [-0.4, -0.2) is 24.1 Å². The van der Waals surface area contributed by atoms with E-state index >= 15 is 0 Å². The average Bonchev–Trinajstić information content (AvgIpc) is 2.27. The molecule has 0 aromatic heterocycles. The van der Waals surface area contributed by atoms with Crippen molar-refractivity contribution in [2.45, 2.75) is 45.8 Å². The van der Waals surface area contributed by atoms with E-state index in [4.69, 9.17) is 10.5 Å². The summed E-state index contributed by atoms with van der Waals surface area (Å²) in [5.41, 5.74) is 6.15. The van der Waals surface area contributed by atoms with Crippen molar-refractivity contribution in [2.24, 2.45) is 5.73 Å². The quantitative estimate of drug-likeness (QED) is 0.824. The van der Waals surface area contributed by atoms with E-state index in [0.717, 1.165) is 11.3 Å². The normalized spacial score (nSPS) is 11.5. The zero-order chi connectivity index (χ0) is 14.5. The van der Waals surface area contributed by atoms with E-state index in [-0.39, 0.29) is 17.6 Å². The lowest BCUT2D eigenvalue weighted by atomic mass is 10.0. The maximum atomic E-state index is 11.9. The maximum absolute atomic E-state index is 11.9. The largest absolute Gasteiger partial charge is 0.491 e. The molecule has 4 heteroatoms. The topological polar surface area (TPSA) is 64.3 Å². The molecule has 0 aliphatic carbocycles. The molecule has 0 atom stereocenters. The van der Waals surface area contributed by atoms with Gasteiger partial charge >= 0.3 is 0 Å². The van der Waals surface area contributed by atoms with Gasteiger partial charge in [0.1, 0.15) is 5.75 Å². The van der Waals surface area contributed by atoms with Gasteiger partial charge in [0.25, 0.3) is 0 Å². The fourth-order valence-corrected chi connectivity index (χ4v) is 1.66. The number of rotatable bonds is 6. The fourth-order valence-electron chi connectivity index (χ4n) is 1.66. The van der Waals surface area contributed by atoms with Gasteiger partial charge in [-0.2, -0.15) is 0 Å². The van der Waals surface area contributed by atoms with Crippen LogP contribution in [0, 0.1) is 0 Å². The van der Waals surface area contributed by atoms with E-state index < -0.39 is 0 Å². The Kier molecular flexibility index (Phi) is 5.36. The predicted octanol–water partition coefficient (Wildman–Crippen LogP) is 1.87. The minimum atomic E-state index is -0.372. The van der Waals surface area contributed by atoms with Crippen LogP contribution in [0.4, 0.5) is 0 Å². The molecule has 106 valence electrons. The van der Waals surface area contributed by atoms with Crippen molar-refractivity contribution in [2.75, 3.05) is 6.54 Å².